The summed E-state index contributed by atoms with van der Waals surface area (Å²) in [5.74, 6) is -1.39. The molecule has 1 aromatic heterocycles. The number of hydrogen-bond acceptors (Lipinski definition) is 6. The second kappa shape index (κ2) is 10.7. The predicted molar refractivity (Wildman–Crippen MR) is 146 cm³/mol. The van der Waals surface area contributed by atoms with E-state index in [0.717, 1.165) is 22.0 Å². The first-order valence-corrected chi connectivity index (χ1v) is 12.3. The minimum Gasteiger partial charge on any atom is -0.503 e. The normalized spacial score (nSPS) is 15.5. The highest BCUT2D eigenvalue weighted by Crippen LogP contribution is 2.41. The number of aliphatic hydroxyl groups is 1. The Bertz CT molecular complexity index is 1640. The van der Waals surface area contributed by atoms with Crippen molar-refractivity contribution in [1.29, 1.82) is 0 Å². The summed E-state index contributed by atoms with van der Waals surface area (Å²) in [6.45, 7) is 0.100. The minimum atomic E-state index is -1.13. The van der Waals surface area contributed by atoms with Crippen LogP contribution in [0.2, 0.25) is 0 Å². The van der Waals surface area contributed by atoms with Crippen LogP contribution in [0.5, 0.6) is 5.75 Å². The van der Waals surface area contributed by atoms with E-state index in [1.165, 1.54) is 29.2 Å². The maximum absolute atomic E-state index is 13.4. The van der Waals surface area contributed by atoms with Crippen molar-refractivity contribution in [3.05, 3.63) is 123 Å². The fourth-order valence-corrected chi connectivity index (χ4v) is 4.90. The lowest BCUT2D eigenvalue weighted by atomic mass is 9.94. The zero-order valence-corrected chi connectivity index (χ0v) is 21.0. The number of methoxy groups -OCH3 is 1. The Morgan fingerprint density at radius 1 is 1.13 bits per heavy atom. The second-order valence-corrected chi connectivity index (χ2v) is 9.06. The number of aromatic amines is 1. The van der Waals surface area contributed by atoms with E-state index in [1.807, 2.05) is 42.6 Å². The van der Waals surface area contributed by atoms with Gasteiger partial charge >= 0.3 is 0 Å². The highest BCUT2D eigenvalue weighted by atomic mass is 16.6. The number of nitrogens with one attached hydrogen (secondary N) is 1. The van der Waals surface area contributed by atoms with Crippen molar-refractivity contribution in [2.75, 3.05) is 13.7 Å². The molecule has 1 aliphatic rings. The van der Waals surface area contributed by atoms with E-state index in [-0.39, 0.29) is 23.4 Å². The van der Waals surface area contributed by atoms with Crippen LogP contribution in [0.4, 0.5) is 5.69 Å². The van der Waals surface area contributed by atoms with Crippen LogP contribution in [0, 0.1) is 10.1 Å². The zero-order valence-electron chi connectivity index (χ0n) is 21.0. The highest BCUT2D eigenvalue weighted by molar-refractivity contribution is 6.14. The third kappa shape index (κ3) is 4.89. The molecular weight excluding hydrogens is 498 g/mol. The third-order valence-electron chi connectivity index (χ3n) is 6.82. The number of para-hydroxylation sites is 1. The molecule has 9 nitrogen and oxygen atoms in total. The summed E-state index contributed by atoms with van der Waals surface area (Å²) >= 11 is 0. The first-order chi connectivity index (χ1) is 18.9. The standard InChI is InChI=1S/C30H25N3O6/c1-39-21-12-13-24-23(17-21)20(18-31-24)15-16-32-28(22-9-5-6-10-25(22)33(37)38)27(29(35)30(32)36)26(34)14-11-19-7-3-2-4-8-19/h2-14,17-18,28,31,35H,15-16H2,1H3/b14-11+/t28-/m0/s1. The molecule has 39 heavy (non-hydrogen) atoms. The molecule has 3 aromatic carbocycles. The summed E-state index contributed by atoms with van der Waals surface area (Å²) < 4.78 is 5.34. The SMILES string of the molecule is COc1ccc2[nH]cc(CCN3C(=O)C(O)=C(C(=O)/C=C/c4ccccc4)[C@@H]3c3ccccc3[N+](=O)[O-])c2c1. The van der Waals surface area contributed by atoms with Gasteiger partial charge in [0.15, 0.2) is 11.5 Å². The second-order valence-electron chi connectivity index (χ2n) is 9.06. The lowest BCUT2D eigenvalue weighted by Gasteiger charge is -2.26. The number of amides is 1. The summed E-state index contributed by atoms with van der Waals surface area (Å²) in [5.41, 5.74) is 2.24. The van der Waals surface area contributed by atoms with Crippen LogP contribution < -0.4 is 4.74 Å². The summed E-state index contributed by atoms with van der Waals surface area (Å²) in [6, 6.07) is 19.5. The highest BCUT2D eigenvalue weighted by Gasteiger charge is 2.45. The molecule has 0 radical (unpaired) electrons. The fourth-order valence-electron chi connectivity index (χ4n) is 4.90. The Morgan fingerprint density at radius 2 is 1.87 bits per heavy atom. The molecule has 0 spiro atoms. The first-order valence-electron chi connectivity index (χ1n) is 12.3. The molecule has 0 fully saturated rings. The average Bonchev–Trinajstić information content (AvgIpc) is 3.48. The molecule has 1 atom stereocenters. The molecule has 196 valence electrons. The molecule has 1 aliphatic heterocycles. The number of carbonyl (C=O) groups excluding carboxylic acids is 2. The van der Waals surface area contributed by atoms with Crippen molar-refractivity contribution in [2.24, 2.45) is 0 Å². The summed E-state index contributed by atoms with van der Waals surface area (Å²) in [7, 11) is 1.58. The van der Waals surface area contributed by atoms with Crippen LogP contribution in [-0.4, -0.2) is 45.3 Å². The molecule has 0 saturated heterocycles. The number of allylic oxidation sites excluding steroid dienone is 1. The van der Waals surface area contributed by atoms with E-state index < -0.39 is 28.4 Å². The molecule has 9 heteroatoms. The number of hydrogen-bond donors (Lipinski definition) is 2. The number of rotatable bonds is 9. The lowest BCUT2D eigenvalue weighted by Crippen LogP contribution is -2.33. The lowest BCUT2D eigenvalue weighted by molar-refractivity contribution is -0.385. The van der Waals surface area contributed by atoms with Gasteiger partial charge < -0.3 is 19.7 Å². The quantitative estimate of drug-likeness (QED) is 0.174. The van der Waals surface area contributed by atoms with Crippen LogP contribution in [0.3, 0.4) is 0 Å². The van der Waals surface area contributed by atoms with Gasteiger partial charge in [-0.3, -0.25) is 19.7 Å². The summed E-state index contributed by atoms with van der Waals surface area (Å²) in [5, 5.41) is 23.7. The number of aliphatic hydroxyl groups excluding tert-OH is 1. The maximum Gasteiger partial charge on any atom is 0.290 e. The van der Waals surface area contributed by atoms with Gasteiger partial charge in [-0.15, -0.1) is 0 Å². The molecule has 0 unspecified atom stereocenters. The minimum absolute atomic E-state index is 0.100. The number of fused-ring (bicyclic) bond motifs is 1. The van der Waals surface area contributed by atoms with Gasteiger partial charge in [0.05, 0.1) is 29.2 Å². The number of aromatic nitrogens is 1. The van der Waals surface area contributed by atoms with E-state index in [2.05, 4.69) is 4.98 Å². The van der Waals surface area contributed by atoms with Crippen LogP contribution in [0.25, 0.3) is 17.0 Å². The van der Waals surface area contributed by atoms with E-state index in [0.29, 0.717) is 12.2 Å². The van der Waals surface area contributed by atoms with Crippen LogP contribution in [0.1, 0.15) is 22.7 Å². The van der Waals surface area contributed by atoms with E-state index in [9.17, 15) is 24.8 Å². The Labute approximate surface area is 223 Å². The molecule has 2 heterocycles. The van der Waals surface area contributed by atoms with Gasteiger partial charge in [0.25, 0.3) is 11.6 Å². The Kier molecular flexibility index (Phi) is 6.96. The average molecular weight is 524 g/mol. The van der Waals surface area contributed by atoms with Crippen molar-refractivity contribution in [2.45, 2.75) is 12.5 Å². The molecule has 5 rings (SSSR count). The number of ketones is 1. The smallest absolute Gasteiger partial charge is 0.290 e. The van der Waals surface area contributed by atoms with Crippen LogP contribution >= 0.6 is 0 Å². The number of ether oxygens (including phenoxy) is 1. The summed E-state index contributed by atoms with van der Waals surface area (Å²) in [4.78, 5) is 42.6. The largest absolute Gasteiger partial charge is 0.503 e. The molecule has 0 bridgehead atoms. The molecule has 1 amide bonds. The van der Waals surface area contributed by atoms with Gasteiger partial charge in [0, 0.05) is 29.7 Å². The monoisotopic (exact) mass is 523 g/mol. The number of nitrogens with zero attached hydrogens (tertiary/aromatic N) is 2. The van der Waals surface area contributed by atoms with Crippen molar-refractivity contribution in [1.82, 2.24) is 9.88 Å². The molecule has 0 saturated carbocycles. The Hall–Kier alpha value is -5.18. The molecular formula is C30H25N3O6. The number of H-pyrrole nitrogens is 1. The molecule has 4 aromatic rings. The zero-order chi connectivity index (χ0) is 27.5. The van der Waals surface area contributed by atoms with E-state index in [4.69, 9.17) is 4.74 Å². The van der Waals surface area contributed by atoms with Gasteiger partial charge in [-0.1, -0.05) is 48.5 Å². The van der Waals surface area contributed by atoms with Gasteiger partial charge in [-0.25, -0.2) is 0 Å². The summed E-state index contributed by atoms with van der Waals surface area (Å²) in [6.07, 6.45) is 5.04. The number of carbonyl (C=O) groups is 2. The van der Waals surface area contributed by atoms with Crippen LogP contribution in [0.15, 0.2) is 96.4 Å². The predicted octanol–water partition coefficient (Wildman–Crippen LogP) is 5.31. The van der Waals surface area contributed by atoms with Gasteiger partial charge in [0.1, 0.15) is 5.75 Å². The van der Waals surface area contributed by atoms with E-state index >= 15 is 0 Å². The van der Waals surface area contributed by atoms with Crippen molar-refractivity contribution in [3.8, 4) is 5.75 Å². The fraction of sp³-hybridized carbons (Fsp3) is 0.133. The Balaban J connectivity index is 1.52. The molecule has 0 aliphatic carbocycles. The topological polar surface area (TPSA) is 126 Å². The van der Waals surface area contributed by atoms with Gasteiger partial charge in [-0.05, 0) is 47.9 Å². The first kappa shape index (κ1) is 25.5. The number of benzene rings is 3. The van der Waals surface area contributed by atoms with Crippen molar-refractivity contribution in [3.63, 3.8) is 0 Å². The van der Waals surface area contributed by atoms with Crippen molar-refractivity contribution < 1.29 is 24.4 Å². The number of nitro benzene ring substituents is 1. The maximum atomic E-state index is 13.4. The van der Waals surface area contributed by atoms with Crippen molar-refractivity contribution >= 4 is 34.4 Å². The van der Waals surface area contributed by atoms with E-state index in [1.54, 1.807) is 31.4 Å². The van der Waals surface area contributed by atoms with Gasteiger partial charge in [0.2, 0.25) is 0 Å². The van der Waals surface area contributed by atoms with Crippen LogP contribution in [-0.2, 0) is 16.0 Å². The third-order valence-corrected chi connectivity index (χ3v) is 6.82. The Morgan fingerprint density at radius 3 is 2.62 bits per heavy atom. The van der Waals surface area contributed by atoms with Gasteiger partial charge in [-0.2, -0.15) is 0 Å². The number of nitro groups is 1. The molecule has 2 N–H and O–H groups in total.